The van der Waals surface area contributed by atoms with E-state index in [1.807, 2.05) is 23.1 Å². The summed E-state index contributed by atoms with van der Waals surface area (Å²) in [5.74, 6) is -1.20. The van der Waals surface area contributed by atoms with E-state index in [-0.39, 0.29) is 28.6 Å². The molecule has 2 fully saturated rings. The lowest BCUT2D eigenvalue weighted by atomic mass is 9.99. The smallest absolute Gasteiger partial charge is 0.336 e. The largest absolute Gasteiger partial charge is 0.416 e. The summed E-state index contributed by atoms with van der Waals surface area (Å²) in [5.41, 5.74) is 0.235. The lowest BCUT2D eigenvalue weighted by molar-refractivity contribution is -0.137. The Morgan fingerprint density at radius 1 is 0.730 bits per heavy atom. The number of hydrogen-bond donors (Lipinski definition) is 0. The molecule has 3 aromatic carbocycles. The van der Waals surface area contributed by atoms with Crippen LogP contribution in [0.1, 0.15) is 26.3 Å². The maximum atomic E-state index is 14.8. The molecular weight excluding hydrogens is 486 g/mol. The molecule has 0 radical (unpaired) electrons. The molecule has 0 aromatic heterocycles. The van der Waals surface area contributed by atoms with Crippen molar-refractivity contribution in [2.45, 2.75) is 12.2 Å². The van der Waals surface area contributed by atoms with Crippen molar-refractivity contribution >= 4 is 11.8 Å². The van der Waals surface area contributed by atoms with Gasteiger partial charge in [0.05, 0.1) is 11.1 Å². The number of carbonyl (C=O) groups is 2. The Kier molecular flexibility index (Phi) is 6.72. The van der Waals surface area contributed by atoms with Crippen LogP contribution in [-0.4, -0.2) is 71.8 Å². The van der Waals surface area contributed by atoms with Crippen LogP contribution >= 0.6 is 0 Å². The van der Waals surface area contributed by atoms with Gasteiger partial charge in [-0.15, -0.1) is 0 Å². The third-order valence-electron chi connectivity index (χ3n) is 7.01. The zero-order chi connectivity index (χ0) is 26.2. The minimum atomic E-state index is -4.50. The lowest BCUT2D eigenvalue weighted by Gasteiger charge is -2.48. The van der Waals surface area contributed by atoms with E-state index in [2.05, 4.69) is 4.90 Å². The van der Waals surface area contributed by atoms with Crippen LogP contribution in [0.15, 0.2) is 72.8 Å². The van der Waals surface area contributed by atoms with Crippen LogP contribution in [0.25, 0.3) is 11.1 Å². The monoisotopic (exact) mass is 511 g/mol. The third-order valence-corrected chi connectivity index (χ3v) is 7.01. The molecule has 0 saturated carbocycles. The highest BCUT2D eigenvalue weighted by molar-refractivity contribution is 5.96. The van der Waals surface area contributed by atoms with Gasteiger partial charge in [0.15, 0.2) is 0 Å². The number of alkyl halides is 3. The van der Waals surface area contributed by atoms with Crippen LogP contribution in [0.2, 0.25) is 0 Å². The van der Waals surface area contributed by atoms with Gasteiger partial charge in [0.2, 0.25) is 0 Å². The predicted molar refractivity (Wildman–Crippen MR) is 130 cm³/mol. The SMILES string of the molecule is O=C(c1ccccc1)N1CCN(C2CN(C(=O)c3ccc(-c4cccc(C(F)(F)F)c4)cc3F)C2)CC1. The first kappa shape index (κ1) is 25.0. The van der Waals surface area contributed by atoms with Crippen molar-refractivity contribution in [1.29, 1.82) is 0 Å². The van der Waals surface area contributed by atoms with Crippen molar-refractivity contribution in [3.8, 4) is 11.1 Å². The second-order valence-electron chi connectivity index (χ2n) is 9.33. The summed E-state index contributed by atoms with van der Waals surface area (Å²) in [4.78, 5) is 31.1. The fourth-order valence-corrected chi connectivity index (χ4v) is 4.82. The molecule has 0 spiro atoms. The van der Waals surface area contributed by atoms with Gasteiger partial charge in [0.1, 0.15) is 5.82 Å². The minimum Gasteiger partial charge on any atom is -0.336 e. The molecular formula is C28H25F4N3O2. The number of hydrogen-bond acceptors (Lipinski definition) is 3. The fraction of sp³-hybridized carbons (Fsp3) is 0.286. The van der Waals surface area contributed by atoms with Gasteiger partial charge in [0.25, 0.3) is 11.8 Å². The molecule has 0 bridgehead atoms. The van der Waals surface area contributed by atoms with Gasteiger partial charge in [-0.25, -0.2) is 4.39 Å². The molecule has 2 aliphatic rings. The predicted octanol–water partition coefficient (Wildman–Crippen LogP) is 4.79. The summed E-state index contributed by atoms with van der Waals surface area (Å²) >= 11 is 0. The quantitative estimate of drug-likeness (QED) is 0.473. The highest BCUT2D eigenvalue weighted by Gasteiger charge is 2.37. The van der Waals surface area contributed by atoms with Gasteiger partial charge < -0.3 is 9.80 Å². The molecule has 2 heterocycles. The Labute approximate surface area is 211 Å². The van der Waals surface area contributed by atoms with E-state index in [4.69, 9.17) is 0 Å². The Bertz CT molecular complexity index is 1300. The first-order chi connectivity index (χ1) is 17.7. The molecule has 2 amide bonds. The average molecular weight is 512 g/mol. The third kappa shape index (κ3) is 5.22. The van der Waals surface area contributed by atoms with Gasteiger partial charge in [0, 0.05) is 50.9 Å². The zero-order valence-electron chi connectivity index (χ0n) is 19.9. The zero-order valence-corrected chi connectivity index (χ0v) is 19.9. The Hall–Kier alpha value is -3.72. The molecule has 192 valence electrons. The molecule has 37 heavy (non-hydrogen) atoms. The standard InChI is InChI=1S/C28H25F4N3O2/c29-25-16-21(20-7-4-8-22(15-20)28(30,31)32)9-10-24(25)27(37)35-17-23(18-35)33-11-13-34(14-12-33)26(36)19-5-2-1-3-6-19/h1-10,15-16,23H,11-14,17-18H2. The summed E-state index contributed by atoms with van der Waals surface area (Å²) in [5, 5.41) is 0. The van der Waals surface area contributed by atoms with E-state index in [0.29, 0.717) is 44.8 Å². The van der Waals surface area contributed by atoms with Gasteiger partial charge >= 0.3 is 6.18 Å². The summed E-state index contributed by atoms with van der Waals surface area (Å²) in [6.07, 6.45) is -4.50. The topological polar surface area (TPSA) is 43.9 Å². The summed E-state index contributed by atoms with van der Waals surface area (Å²) in [6, 6.07) is 17.8. The average Bonchev–Trinajstić information content (AvgIpc) is 2.88. The Morgan fingerprint density at radius 3 is 2.05 bits per heavy atom. The molecule has 2 aliphatic heterocycles. The number of amides is 2. The highest BCUT2D eigenvalue weighted by atomic mass is 19.4. The van der Waals surface area contributed by atoms with Gasteiger partial charge in [-0.1, -0.05) is 36.4 Å². The summed E-state index contributed by atoms with van der Waals surface area (Å²) in [7, 11) is 0. The van der Waals surface area contributed by atoms with E-state index in [9.17, 15) is 27.2 Å². The van der Waals surface area contributed by atoms with E-state index < -0.39 is 23.5 Å². The first-order valence-corrected chi connectivity index (χ1v) is 12.1. The van der Waals surface area contributed by atoms with Gasteiger partial charge in [-0.3, -0.25) is 14.5 Å². The van der Waals surface area contributed by atoms with Gasteiger partial charge in [-0.2, -0.15) is 13.2 Å². The molecule has 2 saturated heterocycles. The van der Waals surface area contributed by atoms with Crippen molar-refractivity contribution in [2.24, 2.45) is 0 Å². The van der Waals surface area contributed by atoms with Crippen LogP contribution in [0.4, 0.5) is 17.6 Å². The minimum absolute atomic E-state index is 0.00900. The van der Waals surface area contributed by atoms with Crippen LogP contribution in [0.3, 0.4) is 0 Å². The lowest BCUT2D eigenvalue weighted by Crippen LogP contribution is -2.64. The number of halogens is 4. The fourth-order valence-electron chi connectivity index (χ4n) is 4.82. The number of rotatable bonds is 4. The molecule has 0 aliphatic carbocycles. The normalized spacial score (nSPS) is 17.0. The Balaban J connectivity index is 1.16. The number of nitrogens with zero attached hydrogens (tertiary/aromatic N) is 3. The van der Waals surface area contributed by atoms with Crippen LogP contribution in [-0.2, 0) is 6.18 Å². The molecule has 5 rings (SSSR count). The van der Waals surface area contributed by atoms with Crippen LogP contribution in [0.5, 0.6) is 0 Å². The molecule has 9 heteroatoms. The highest BCUT2D eigenvalue weighted by Crippen LogP contribution is 2.33. The number of carbonyl (C=O) groups excluding carboxylic acids is 2. The molecule has 5 nitrogen and oxygen atoms in total. The van der Waals surface area contributed by atoms with E-state index in [0.717, 1.165) is 18.2 Å². The Morgan fingerprint density at radius 2 is 1.41 bits per heavy atom. The van der Waals surface area contributed by atoms with Crippen molar-refractivity contribution < 1.29 is 27.2 Å². The maximum Gasteiger partial charge on any atom is 0.416 e. The van der Waals surface area contributed by atoms with Crippen molar-refractivity contribution in [1.82, 2.24) is 14.7 Å². The van der Waals surface area contributed by atoms with Crippen LogP contribution < -0.4 is 0 Å². The van der Waals surface area contributed by atoms with Crippen molar-refractivity contribution in [3.63, 3.8) is 0 Å². The molecule has 3 aromatic rings. The molecule has 0 unspecified atom stereocenters. The summed E-state index contributed by atoms with van der Waals surface area (Å²) < 4.78 is 53.9. The second kappa shape index (κ2) is 9.97. The first-order valence-electron chi connectivity index (χ1n) is 12.1. The number of piperazine rings is 1. The number of benzene rings is 3. The van der Waals surface area contributed by atoms with Gasteiger partial charge in [-0.05, 0) is 47.5 Å². The van der Waals surface area contributed by atoms with E-state index >= 15 is 0 Å². The van der Waals surface area contributed by atoms with E-state index in [1.54, 1.807) is 17.0 Å². The maximum absolute atomic E-state index is 14.8. The number of likely N-dealkylation sites (tertiary alicyclic amines) is 1. The van der Waals surface area contributed by atoms with E-state index in [1.165, 1.54) is 24.3 Å². The molecule has 0 atom stereocenters. The second-order valence-corrected chi connectivity index (χ2v) is 9.33. The van der Waals surface area contributed by atoms with Crippen molar-refractivity contribution in [2.75, 3.05) is 39.3 Å². The molecule has 0 N–H and O–H groups in total. The van der Waals surface area contributed by atoms with Crippen LogP contribution in [0, 0.1) is 5.82 Å². The van der Waals surface area contributed by atoms with Crippen molar-refractivity contribution in [3.05, 3.63) is 95.3 Å². The summed E-state index contributed by atoms with van der Waals surface area (Å²) in [6.45, 7) is 3.52.